The van der Waals surface area contributed by atoms with Crippen molar-refractivity contribution in [2.75, 3.05) is 5.32 Å². The van der Waals surface area contributed by atoms with Crippen LogP contribution in [0.2, 0.25) is 0 Å². The monoisotopic (exact) mass is 350 g/mol. The van der Waals surface area contributed by atoms with Crippen LogP contribution in [0.5, 0.6) is 0 Å². The Morgan fingerprint density at radius 2 is 1.71 bits per heavy atom. The van der Waals surface area contributed by atoms with Crippen LogP contribution in [0.25, 0.3) is 0 Å². The third-order valence-electron chi connectivity index (χ3n) is 2.89. The van der Waals surface area contributed by atoms with Crippen LogP contribution in [-0.4, -0.2) is 30.0 Å². The zero-order valence-electron chi connectivity index (χ0n) is 12.8. The van der Waals surface area contributed by atoms with Crippen LogP contribution < -0.4 is 15.6 Å². The van der Waals surface area contributed by atoms with Crippen LogP contribution in [0.3, 0.4) is 0 Å². The average Bonchev–Trinajstić information content (AvgIpc) is 2.49. The molecule has 0 fully saturated rings. The molecule has 2 rings (SSSR count). The van der Waals surface area contributed by atoms with Crippen molar-refractivity contribution in [1.29, 1.82) is 0 Å². The normalized spacial score (nSPS) is 10.9. The summed E-state index contributed by atoms with van der Waals surface area (Å²) in [6.07, 6.45) is 0. The highest BCUT2D eigenvalue weighted by atomic mass is 32.2. The SMILES string of the molecule is CC(=O)NS(=O)(=O)c1ccc(NC(=O)c2ccc(=O)n(C)n2)cc1. The van der Waals surface area contributed by atoms with Gasteiger partial charge in [0.25, 0.3) is 21.5 Å². The molecule has 2 amide bonds. The summed E-state index contributed by atoms with van der Waals surface area (Å²) in [5.74, 6) is -1.25. The zero-order valence-corrected chi connectivity index (χ0v) is 13.6. The number of aryl methyl sites for hydroxylation is 1. The third kappa shape index (κ3) is 4.04. The molecule has 2 aromatic rings. The molecule has 0 aliphatic rings. The largest absolute Gasteiger partial charge is 0.321 e. The van der Waals surface area contributed by atoms with Crippen molar-refractivity contribution in [1.82, 2.24) is 14.5 Å². The summed E-state index contributed by atoms with van der Waals surface area (Å²) in [6.45, 7) is 1.09. The number of carbonyl (C=O) groups excluding carboxylic acids is 2. The van der Waals surface area contributed by atoms with E-state index in [0.717, 1.165) is 11.6 Å². The molecule has 1 aromatic heterocycles. The molecule has 0 radical (unpaired) electrons. The molecule has 0 aliphatic carbocycles. The number of nitrogens with one attached hydrogen (secondary N) is 2. The first-order valence-electron chi connectivity index (χ1n) is 6.68. The molecule has 0 saturated heterocycles. The van der Waals surface area contributed by atoms with Gasteiger partial charge in [-0.2, -0.15) is 5.10 Å². The van der Waals surface area contributed by atoms with Gasteiger partial charge in [-0.15, -0.1) is 0 Å². The molecule has 9 nitrogen and oxygen atoms in total. The smallest absolute Gasteiger partial charge is 0.276 e. The second kappa shape index (κ2) is 6.62. The number of hydrogen-bond acceptors (Lipinski definition) is 6. The summed E-state index contributed by atoms with van der Waals surface area (Å²) in [5, 5.41) is 6.33. The molecule has 24 heavy (non-hydrogen) atoms. The van der Waals surface area contributed by atoms with Crippen molar-refractivity contribution >= 4 is 27.5 Å². The second-order valence-electron chi connectivity index (χ2n) is 4.82. The van der Waals surface area contributed by atoms with Crippen molar-refractivity contribution in [3.63, 3.8) is 0 Å². The van der Waals surface area contributed by atoms with Gasteiger partial charge in [-0.05, 0) is 30.3 Å². The number of rotatable bonds is 4. The van der Waals surface area contributed by atoms with E-state index in [-0.39, 0.29) is 16.1 Å². The van der Waals surface area contributed by atoms with Gasteiger partial charge in [0.05, 0.1) is 4.90 Å². The molecule has 0 bridgehead atoms. The molecule has 0 aliphatic heterocycles. The number of carbonyl (C=O) groups is 2. The van der Waals surface area contributed by atoms with Gasteiger partial charge in [0, 0.05) is 25.7 Å². The minimum Gasteiger partial charge on any atom is -0.321 e. The van der Waals surface area contributed by atoms with Gasteiger partial charge in [-0.1, -0.05) is 0 Å². The Morgan fingerprint density at radius 1 is 1.08 bits per heavy atom. The van der Waals surface area contributed by atoms with E-state index >= 15 is 0 Å². The Balaban J connectivity index is 2.17. The topological polar surface area (TPSA) is 127 Å². The summed E-state index contributed by atoms with van der Waals surface area (Å²) < 4.78 is 26.5. The van der Waals surface area contributed by atoms with Crippen LogP contribution in [0.1, 0.15) is 17.4 Å². The number of nitrogens with zero attached hydrogens (tertiary/aromatic N) is 2. The summed E-state index contributed by atoms with van der Waals surface area (Å²) >= 11 is 0. The highest BCUT2D eigenvalue weighted by Gasteiger charge is 2.15. The van der Waals surface area contributed by atoms with E-state index in [1.54, 1.807) is 0 Å². The number of sulfonamides is 1. The molecule has 1 heterocycles. The van der Waals surface area contributed by atoms with Crippen LogP contribution in [0.4, 0.5) is 5.69 Å². The number of benzene rings is 1. The van der Waals surface area contributed by atoms with E-state index in [9.17, 15) is 22.8 Å². The molecule has 10 heteroatoms. The summed E-state index contributed by atoms with van der Waals surface area (Å²) in [5.41, 5.74) is 0.0172. The number of amides is 2. The molecule has 1 aromatic carbocycles. The Morgan fingerprint density at radius 3 is 2.25 bits per heavy atom. The molecule has 0 atom stereocenters. The first kappa shape index (κ1) is 17.3. The maximum atomic E-state index is 12.0. The Bertz CT molecular complexity index is 948. The van der Waals surface area contributed by atoms with Crippen molar-refractivity contribution < 1.29 is 18.0 Å². The summed E-state index contributed by atoms with van der Waals surface area (Å²) in [7, 11) is -2.51. The molecule has 126 valence electrons. The fraction of sp³-hybridized carbons (Fsp3) is 0.143. The molecule has 0 unspecified atom stereocenters. The van der Waals surface area contributed by atoms with Crippen LogP contribution in [0.15, 0.2) is 46.1 Å². The predicted octanol–water partition coefficient (Wildman–Crippen LogP) is -0.143. The predicted molar refractivity (Wildman–Crippen MR) is 84.9 cm³/mol. The standard InChI is InChI=1S/C14H14N4O5S/c1-9(19)17-24(22,23)11-5-3-10(4-6-11)15-14(21)12-7-8-13(20)18(2)16-12/h3-8H,1-2H3,(H,15,21)(H,17,19). The maximum Gasteiger partial charge on any atom is 0.276 e. The minimum atomic E-state index is -3.93. The first-order chi connectivity index (χ1) is 11.2. The highest BCUT2D eigenvalue weighted by Crippen LogP contribution is 2.14. The van der Waals surface area contributed by atoms with E-state index < -0.39 is 21.8 Å². The van der Waals surface area contributed by atoms with Gasteiger partial charge in [-0.25, -0.2) is 17.8 Å². The van der Waals surface area contributed by atoms with Gasteiger partial charge in [-0.3, -0.25) is 14.4 Å². The summed E-state index contributed by atoms with van der Waals surface area (Å²) in [4.78, 5) is 34.0. The molecule has 0 spiro atoms. The Labute approximate surface area is 137 Å². The van der Waals surface area contributed by atoms with Crippen LogP contribution in [-0.2, 0) is 21.9 Å². The quantitative estimate of drug-likeness (QED) is 0.790. The van der Waals surface area contributed by atoms with Gasteiger partial charge in [0.1, 0.15) is 5.69 Å². The zero-order chi connectivity index (χ0) is 17.9. The molecule has 2 N–H and O–H groups in total. The van der Waals surface area contributed by atoms with E-state index in [1.807, 2.05) is 4.72 Å². The lowest BCUT2D eigenvalue weighted by molar-refractivity contribution is -0.117. The summed E-state index contributed by atoms with van der Waals surface area (Å²) in [6, 6.07) is 7.73. The number of aromatic nitrogens is 2. The second-order valence-corrected chi connectivity index (χ2v) is 6.50. The fourth-order valence-corrected chi connectivity index (χ4v) is 2.77. The average molecular weight is 350 g/mol. The van der Waals surface area contributed by atoms with E-state index in [2.05, 4.69) is 10.4 Å². The van der Waals surface area contributed by atoms with Gasteiger partial charge in [0.2, 0.25) is 5.91 Å². The lowest BCUT2D eigenvalue weighted by Gasteiger charge is -2.07. The van der Waals surface area contributed by atoms with Gasteiger partial charge < -0.3 is 5.32 Å². The van der Waals surface area contributed by atoms with E-state index in [1.165, 1.54) is 43.4 Å². The Hall–Kier alpha value is -3.01. The minimum absolute atomic E-state index is 0.0343. The number of hydrogen-bond donors (Lipinski definition) is 2. The molecule has 0 saturated carbocycles. The van der Waals surface area contributed by atoms with Gasteiger partial charge in [0.15, 0.2) is 0 Å². The van der Waals surface area contributed by atoms with Crippen LogP contribution in [0, 0.1) is 0 Å². The lowest BCUT2D eigenvalue weighted by Crippen LogP contribution is -2.28. The lowest BCUT2D eigenvalue weighted by atomic mass is 10.3. The first-order valence-corrected chi connectivity index (χ1v) is 8.16. The maximum absolute atomic E-state index is 12.0. The molecular formula is C14H14N4O5S. The van der Waals surface area contributed by atoms with Crippen molar-refractivity contribution in [3.8, 4) is 0 Å². The fourth-order valence-electron chi connectivity index (χ4n) is 1.78. The van der Waals surface area contributed by atoms with Crippen molar-refractivity contribution in [3.05, 3.63) is 52.4 Å². The van der Waals surface area contributed by atoms with Crippen LogP contribution >= 0.6 is 0 Å². The van der Waals surface area contributed by atoms with Crippen molar-refractivity contribution in [2.45, 2.75) is 11.8 Å². The highest BCUT2D eigenvalue weighted by molar-refractivity contribution is 7.90. The van der Waals surface area contributed by atoms with Crippen molar-refractivity contribution in [2.24, 2.45) is 7.05 Å². The van der Waals surface area contributed by atoms with Gasteiger partial charge >= 0.3 is 0 Å². The van der Waals surface area contributed by atoms with E-state index in [4.69, 9.17) is 0 Å². The van der Waals surface area contributed by atoms with E-state index in [0.29, 0.717) is 5.69 Å². The third-order valence-corrected chi connectivity index (χ3v) is 4.34. The Kier molecular flexibility index (Phi) is 4.79. The number of anilines is 1. The molecular weight excluding hydrogens is 336 g/mol.